The van der Waals surface area contributed by atoms with E-state index < -0.39 is 0 Å². The number of nitrogens with one attached hydrogen (secondary N) is 1. The Balaban J connectivity index is 1.82. The van der Waals surface area contributed by atoms with Crippen LogP contribution in [0.1, 0.15) is 5.56 Å². The van der Waals surface area contributed by atoms with E-state index in [0.717, 1.165) is 29.9 Å². The Labute approximate surface area is 116 Å². The zero-order chi connectivity index (χ0) is 13.5. The van der Waals surface area contributed by atoms with Crippen molar-refractivity contribution in [2.75, 3.05) is 11.9 Å². The van der Waals surface area contributed by atoms with Crippen LogP contribution >= 0.6 is 0 Å². The summed E-state index contributed by atoms with van der Waals surface area (Å²) in [6.45, 7) is 1.03. The first-order chi connectivity index (χ1) is 9.81. The van der Waals surface area contributed by atoms with E-state index in [1.54, 1.807) is 4.68 Å². The van der Waals surface area contributed by atoms with Gasteiger partial charge in [-0.3, -0.25) is 9.25 Å². The second-order valence-corrected chi connectivity index (χ2v) is 5.07. The molecular weight excluding hydrogens is 250 g/mol. The lowest BCUT2D eigenvalue weighted by Gasteiger charge is -2.09. The number of anilines is 1. The third kappa shape index (κ3) is 1.71. The summed E-state index contributed by atoms with van der Waals surface area (Å²) < 4.78 is 3.91. The molecule has 3 aromatic rings. The first-order valence-corrected chi connectivity index (χ1v) is 6.70. The highest BCUT2D eigenvalue weighted by atomic mass is 15.2. The van der Waals surface area contributed by atoms with Crippen LogP contribution < -0.4 is 5.32 Å². The molecule has 5 nitrogen and oxygen atoms in total. The molecule has 2 aromatic heterocycles. The molecule has 1 aliphatic heterocycles. The van der Waals surface area contributed by atoms with Crippen LogP contribution in [-0.2, 0) is 13.5 Å². The summed E-state index contributed by atoms with van der Waals surface area (Å²) in [5.74, 6) is 0. The molecule has 0 radical (unpaired) electrons. The molecule has 0 bridgehead atoms. The van der Waals surface area contributed by atoms with Gasteiger partial charge in [-0.1, -0.05) is 0 Å². The molecule has 0 fully saturated rings. The minimum absolute atomic E-state index is 1.03. The van der Waals surface area contributed by atoms with Crippen molar-refractivity contribution in [2.24, 2.45) is 7.05 Å². The third-order valence-corrected chi connectivity index (χ3v) is 3.72. The van der Waals surface area contributed by atoms with Crippen molar-refractivity contribution in [2.45, 2.75) is 6.42 Å². The van der Waals surface area contributed by atoms with Gasteiger partial charge in [-0.15, -0.1) is 0 Å². The van der Waals surface area contributed by atoms with E-state index in [-0.39, 0.29) is 0 Å². The van der Waals surface area contributed by atoms with Gasteiger partial charge in [0.2, 0.25) is 0 Å². The van der Waals surface area contributed by atoms with Crippen LogP contribution in [0.5, 0.6) is 0 Å². The summed E-state index contributed by atoms with van der Waals surface area (Å²) in [6.07, 6.45) is 8.68. The van der Waals surface area contributed by atoms with Crippen molar-refractivity contribution in [3.8, 4) is 16.9 Å². The van der Waals surface area contributed by atoms with E-state index in [1.807, 2.05) is 32.0 Å². The molecule has 0 atom stereocenters. The summed E-state index contributed by atoms with van der Waals surface area (Å²) in [5.41, 5.74) is 5.89. The molecule has 1 aromatic carbocycles. The summed E-state index contributed by atoms with van der Waals surface area (Å²) in [7, 11) is 1.92. The molecule has 3 heterocycles. The minimum Gasteiger partial charge on any atom is -0.384 e. The quantitative estimate of drug-likeness (QED) is 0.773. The fraction of sp³-hybridized carbons (Fsp3) is 0.200. The van der Waals surface area contributed by atoms with E-state index in [4.69, 9.17) is 0 Å². The summed E-state index contributed by atoms with van der Waals surface area (Å²) in [5, 5.41) is 7.61. The molecule has 20 heavy (non-hydrogen) atoms. The average molecular weight is 265 g/mol. The van der Waals surface area contributed by atoms with Gasteiger partial charge in [0.1, 0.15) is 0 Å². The predicted octanol–water partition coefficient (Wildman–Crippen LogP) is 2.24. The highest BCUT2D eigenvalue weighted by Gasteiger charge is 2.13. The molecular formula is C15H15N5. The second-order valence-electron chi connectivity index (χ2n) is 5.07. The van der Waals surface area contributed by atoms with Crippen molar-refractivity contribution in [3.63, 3.8) is 0 Å². The van der Waals surface area contributed by atoms with E-state index in [9.17, 15) is 0 Å². The Morgan fingerprint density at radius 2 is 2.20 bits per heavy atom. The molecule has 5 heteroatoms. The smallest absolute Gasteiger partial charge is 0.0997 e. The van der Waals surface area contributed by atoms with Gasteiger partial charge in [0, 0.05) is 36.7 Å². The molecule has 4 rings (SSSR count). The van der Waals surface area contributed by atoms with E-state index in [1.165, 1.54) is 11.3 Å². The van der Waals surface area contributed by atoms with Crippen molar-refractivity contribution < 1.29 is 0 Å². The summed E-state index contributed by atoms with van der Waals surface area (Å²) in [6, 6.07) is 6.50. The maximum Gasteiger partial charge on any atom is 0.0997 e. The van der Waals surface area contributed by atoms with Crippen molar-refractivity contribution >= 4 is 5.69 Å². The highest BCUT2D eigenvalue weighted by Crippen LogP contribution is 2.27. The van der Waals surface area contributed by atoms with Gasteiger partial charge < -0.3 is 5.32 Å². The van der Waals surface area contributed by atoms with Gasteiger partial charge in [-0.05, 0) is 30.2 Å². The van der Waals surface area contributed by atoms with Gasteiger partial charge in [0.25, 0.3) is 0 Å². The number of aryl methyl sites for hydroxylation is 1. The Bertz CT molecular complexity index is 768. The molecule has 0 saturated carbocycles. The van der Waals surface area contributed by atoms with Gasteiger partial charge in [-0.25, -0.2) is 4.98 Å². The lowest BCUT2D eigenvalue weighted by molar-refractivity contribution is 0.768. The second kappa shape index (κ2) is 4.23. The zero-order valence-corrected chi connectivity index (χ0v) is 11.2. The van der Waals surface area contributed by atoms with Gasteiger partial charge in [0.05, 0.1) is 24.4 Å². The number of imidazole rings is 1. The fourth-order valence-corrected chi connectivity index (χ4v) is 2.71. The Hall–Kier alpha value is -2.56. The number of nitrogens with zero attached hydrogens (tertiary/aromatic N) is 4. The first-order valence-electron chi connectivity index (χ1n) is 6.70. The number of benzene rings is 1. The van der Waals surface area contributed by atoms with Crippen LogP contribution in [0.2, 0.25) is 0 Å². The topological polar surface area (TPSA) is 47.7 Å². The van der Waals surface area contributed by atoms with Crippen LogP contribution in [0.25, 0.3) is 16.9 Å². The summed E-state index contributed by atoms with van der Waals surface area (Å²) >= 11 is 0. The number of rotatable bonds is 2. The Morgan fingerprint density at radius 1 is 1.25 bits per heavy atom. The standard InChI is InChI=1S/C15H15N5/c1-19-9-12(7-18-19)15-8-16-10-20(15)13-2-3-14-11(6-13)4-5-17-14/h2-3,6-10,17H,4-5H2,1H3. The largest absolute Gasteiger partial charge is 0.384 e. The molecule has 1 N–H and O–H groups in total. The summed E-state index contributed by atoms with van der Waals surface area (Å²) in [4.78, 5) is 4.29. The molecule has 0 spiro atoms. The number of hydrogen-bond donors (Lipinski definition) is 1. The molecule has 0 amide bonds. The van der Waals surface area contributed by atoms with Crippen molar-refractivity contribution in [3.05, 3.63) is 48.7 Å². The van der Waals surface area contributed by atoms with Crippen LogP contribution in [0.3, 0.4) is 0 Å². The number of hydrogen-bond acceptors (Lipinski definition) is 3. The maximum absolute atomic E-state index is 4.29. The van der Waals surface area contributed by atoms with Crippen LogP contribution in [0, 0.1) is 0 Å². The Morgan fingerprint density at radius 3 is 3.05 bits per heavy atom. The zero-order valence-electron chi connectivity index (χ0n) is 11.2. The molecule has 1 aliphatic rings. The SMILES string of the molecule is Cn1cc(-c2cncn2-c2ccc3c(c2)CCN3)cn1. The predicted molar refractivity (Wildman–Crippen MR) is 78.0 cm³/mol. The number of aromatic nitrogens is 4. The minimum atomic E-state index is 1.03. The van der Waals surface area contributed by atoms with Crippen LogP contribution in [-0.4, -0.2) is 25.9 Å². The molecule has 0 unspecified atom stereocenters. The van der Waals surface area contributed by atoms with E-state index in [0.29, 0.717) is 0 Å². The normalized spacial score (nSPS) is 13.2. The maximum atomic E-state index is 4.29. The van der Waals surface area contributed by atoms with Crippen LogP contribution in [0.4, 0.5) is 5.69 Å². The highest BCUT2D eigenvalue weighted by molar-refractivity contribution is 5.63. The average Bonchev–Trinajstić information content (AvgIpc) is 3.17. The van der Waals surface area contributed by atoms with Gasteiger partial charge in [-0.2, -0.15) is 5.10 Å². The lowest BCUT2D eigenvalue weighted by atomic mass is 10.1. The van der Waals surface area contributed by atoms with E-state index >= 15 is 0 Å². The third-order valence-electron chi connectivity index (χ3n) is 3.72. The molecule has 0 aliphatic carbocycles. The first kappa shape index (κ1) is 11.3. The molecule has 100 valence electrons. The van der Waals surface area contributed by atoms with Gasteiger partial charge >= 0.3 is 0 Å². The van der Waals surface area contributed by atoms with Crippen LogP contribution in [0.15, 0.2) is 43.1 Å². The number of fused-ring (bicyclic) bond motifs is 1. The molecule has 0 saturated heterocycles. The lowest BCUT2D eigenvalue weighted by Crippen LogP contribution is -1.95. The van der Waals surface area contributed by atoms with Gasteiger partial charge in [0.15, 0.2) is 0 Å². The van der Waals surface area contributed by atoms with Crippen molar-refractivity contribution in [1.29, 1.82) is 0 Å². The Kier molecular flexibility index (Phi) is 2.39. The monoisotopic (exact) mass is 265 g/mol. The van der Waals surface area contributed by atoms with E-state index in [2.05, 4.69) is 38.2 Å². The van der Waals surface area contributed by atoms with Crippen molar-refractivity contribution in [1.82, 2.24) is 19.3 Å². The fourth-order valence-electron chi connectivity index (χ4n) is 2.71.